The highest BCUT2D eigenvalue weighted by molar-refractivity contribution is 5.95. The lowest BCUT2D eigenvalue weighted by molar-refractivity contribution is -0.158. The lowest BCUT2D eigenvalue weighted by atomic mass is 10.1. The highest BCUT2D eigenvalue weighted by Crippen LogP contribution is 2.18. The smallest absolute Gasteiger partial charge is 0.246 e. The van der Waals surface area contributed by atoms with E-state index in [1.54, 1.807) is 11.9 Å². The van der Waals surface area contributed by atoms with Crippen LogP contribution >= 0.6 is 0 Å². The van der Waals surface area contributed by atoms with Crippen LogP contribution in [0.2, 0.25) is 0 Å². The highest BCUT2D eigenvalue weighted by atomic mass is 16.2. The number of amides is 2. The monoisotopic (exact) mass is 292 g/mol. The molecule has 1 unspecified atom stereocenters. The molecule has 8 heteroatoms. The largest absolute Gasteiger partial charge is 0.335 e. The Balaban J connectivity index is 1.67. The van der Waals surface area contributed by atoms with Crippen molar-refractivity contribution < 1.29 is 9.59 Å². The Bertz CT molecular complexity index is 557. The molecule has 2 aliphatic heterocycles. The average molecular weight is 292 g/mol. The zero-order chi connectivity index (χ0) is 15.0. The molecule has 0 aromatic carbocycles. The van der Waals surface area contributed by atoms with Crippen LogP contribution in [0.15, 0.2) is 0 Å². The third-order valence-electron chi connectivity index (χ3n) is 4.09. The molecule has 0 saturated carbocycles. The van der Waals surface area contributed by atoms with Gasteiger partial charge in [0.05, 0.1) is 13.1 Å². The number of H-pyrrole nitrogens is 1. The molecule has 3 heterocycles. The van der Waals surface area contributed by atoms with Crippen LogP contribution in [0.5, 0.6) is 0 Å². The molecule has 2 fully saturated rings. The van der Waals surface area contributed by atoms with Gasteiger partial charge >= 0.3 is 0 Å². The summed E-state index contributed by atoms with van der Waals surface area (Å²) >= 11 is 0. The summed E-state index contributed by atoms with van der Waals surface area (Å²) in [5.74, 6) is 1.66. The van der Waals surface area contributed by atoms with Gasteiger partial charge in [0.2, 0.25) is 11.8 Å². The first-order valence-corrected chi connectivity index (χ1v) is 7.25. The summed E-state index contributed by atoms with van der Waals surface area (Å²) < 4.78 is 0. The van der Waals surface area contributed by atoms with E-state index < -0.39 is 0 Å². The molecule has 2 aliphatic rings. The number of aromatic amines is 1. The van der Waals surface area contributed by atoms with Crippen LogP contribution in [0.1, 0.15) is 18.6 Å². The van der Waals surface area contributed by atoms with Crippen LogP contribution in [0.4, 0.5) is 0 Å². The topological polar surface area (TPSA) is 85.4 Å². The molecule has 1 N–H and O–H groups in total. The van der Waals surface area contributed by atoms with E-state index in [1.165, 1.54) is 4.90 Å². The predicted molar refractivity (Wildman–Crippen MR) is 74.2 cm³/mol. The third kappa shape index (κ3) is 2.63. The summed E-state index contributed by atoms with van der Waals surface area (Å²) in [5, 5.41) is 7.04. The second-order valence-electron chi connectivity index (χ2n) is 5.58. The van der Waals surface area contributed by atoms with Crippen molar-refractivity contribution in [2.75, 3.05) is 33.2 Å². The zero-order valence-corrected chi connectivity index (χ0v) is 12.4. The van der Waals surface area contributed by atoms with E-state index in [0.29, 0.717) is 19.6 Å². The lowest BCUT2D eigenvalue weighted by Crippen LogP contribution is -2.65. The maximum atomic E-state index is 12.2. The molecule has 21 heavy (non-hydrogen) atoms. The third-order valence-corrected chi connectivity index (χ3v) is 4.09. The Morgan fingerprint density at radius 1 is 1.33 bits per heavy atom. The van der Waals surface area contributed by atoms with E-state index in [2.05, 4.69) is 20.1 Å². The maximum Gasteiger partial charge on any atom is 0.246 e. The minimum absolute atomic E-state index is 0.0196. The van der Waals surface area contributed by atoms with Gasteiger partial charge in [-0.3, -0.25) is 19.6 Å². The van der Waals surface area contributed by atoms with Crippen LogP contribution in [-0.2, 0) is 22.6 Å². The van der Waals surface area contributed by atoms with Gasteiger partial charge in [-0.15, -0.1) is 0 Å². The Labute approximate surface area is 123 Å². The van der Waals surface area contributed by atoms with E-state index in [0.717, 1.165) is 24.6 Å². The van der Waals surface area contributed by atoms with Crippen molar-refractivity contribution in [3.8, 4) is 0 Å². The van der Waals surface area contributed by atoms with Gasteiger partial charge in [0, 0.05) is 33.1 Å². The van der Waals surface area contributed by atoms with Crippen LogP contribution in [0.3, 0.4) is 0 Å². The number of rotatable bonds is 3. The fourth-order valence-electron chi connectivity index (χ4n) is 2.89. The van der Waals surface area contributed by atoms with Gasteiger partial charge in [0.15, 0.2) is 0 Å². The minimum atomic E-state index is -0.362. The summed E-state index contributed by atoms with van der Waals surface area (Å²) in [6.45, 7) is 4.73. The number of likely N-dealkylation sites (N-methyl/N-ethyl adjacent to an activating group) is 1. The first-order chi connectivity index (χ1) is 10.1. The molecule has 0 aliphatic carbocycles. The molecule has 2 saturated heterocycles. The Morgan fingerprint density at radius 2 is 2.14 bits per heavy atom. The first kappa shape index (κ1) is 14.0. The molecule has 8 nitrogen and oxygen atoms in total. The molecule has 1 aromatic heterocycles. The fraction of sp³-hybridized carbons (Fsp3) is 0.692. The Kier molecular flexibility index (Phi) is 3.62. The van der Waals surface area contributed by atoms with Crippen LogP contribution in [-0.4, -0.2) is 81.0 Å². The number of hydrogen-bond donors (Lipinski definition) is 1. The van der Waals surface area contributed by atoms with E-state index in [-0.39, 0.29) is 24.4 Å². The first-order valence-electron chi connectivity index (χ1n) is 7.25. The fourth-order valence-corrected chi connectivity index (χ4v) is 2.89. The predicted octanol–water partition coefficient (Wildman–Crippen LogP) is -1.15. The number of carbonyl (C=O) groups is 2. The molecule has 2 amide bonds. The van der Waals surface area contributed by atoms with Crippen molar-refractivity contribution in [2.24, 2.45) is 0 Å². The van der Waals surface area contributed by atoms with Crippen molar-refractivity contribution in [3.63, 3.8) is 0 Å². The Hall–Kier alpha value is -1.96. The van der Waals surface area contributed by atoms with Crippen molar-refractivity contribution in [2.45, 2.75) is 25.9 Å². The average Bonchev–Trinajstić information content (AvgIpc) is 2.92. The molecule has 1 aromatic rings. The van der Waals surface area contributed by atoms with Gasteiger partial charge in [0.1, 0.15) is 17.7 Å². The number of hydrogen-bond acceptors (Lipinski definition) is 5. The number of carbonyl (C=O) groups excluding carboxylic acids is 2. The molecule has 114 valence electrons. The van der Waals surface area contributed by atoms with Gasteiger partial charge in [0.25, 0.3) is 0 Å². The minimum Gasteiger partial charge on any atom is -0.335 e. The van der Waals surface area contributed by atoms with Crippen molar-refractivity contribution in [3.05, 3.63) is 11.6 Å². The standard InChI is InChI=1S/C13H20N6O2/c1-3-10-14-11(16-15-10)7-18-4-5-19-9(6-18)13(21)17(2)8-12(19)20/h9H,3-8H2,1-2H3,(H,14,15,16). The Morgan fingerprint density at radius 3 is 2.86 bits per heavy atom. The second kappa shape index (κ2) is 5.44. The van der Waals surface area contributed by atoms with Crippen molar-refractivity contribution in [1.82, 2.24) is 29.9 Å². The summed E-state index contributed by atoms with van der Waals surface area (Å²) in [5.41, 5.74) is 0. The van der Waals surface area contributed by atoms with E-state index >= 15 is 0 Å². The number of nitrogens with zero attached hydrogens (tertiary/aromatic N) is 5. The lowest BCUT2D eigenvalue weighted by Gasteiger charge is -2.45. The number of aryl methyl sites for hydroxylation is 1. The van der Waals surface area contributed by atoms with E-state index in [1.807, 2.05) is 6.92 Å². The summed E-state index contributed by atoms with van der Waals surface area (Å²) in [4.78, 5) is 34.0. The highest BCUT2D eigenvalue weighted by Gasteiger charge is 2.41. The summed E-state index contributed by atoms with van der Waals surface area (Å²) in [6.07, 6.45) is 0.796. The maximum absolute atomic E-state index is 12.2. The molecule has 3 rings (SSSR count). The van der Waals surface area contributed by atoms with Crippen molar-refractivity contribution in [1.29, 1.82) is 0 Å². The molecule has 0 bridgehead atoms. The van der Waals surface area contributed by atoms with E-state index in [4.69, 9.17) is 0 Å². The van der Waals surface area contributed by atoms with Crippen LogP contribution in [0, 0.1) is 0 Å². The quantitative estimate of drug-likeness (QED) is 0.760. The van der Waals surface area contributed by atoms with Gasteiger partial charge in [-0.05, 0) is 0 Å². The van der Waals surface area contributed by atoms with Gasteiger partial charge < -0.3 is 9.80 Å². The van der Waals surface area contributed by atoms with Crippen LogP contribution < -0.4 is 0 Å². The van der Waals surface area contributed by atoms with Crippen LogP contribution in [0.25, 0.3) is 0 Å². The summed E-state index contributed by atoms with van der Waals surface area (Å²) in [7, 11) is 1.68. The van der Waals surface area contributed by atoms with Gasteiger partial charge in [-0.2, -0.15) is 5.10 Å². The number of fused-ring (bicyclic) bond motifs is 1. The number of nitrogens with one attached hydrogen (secondary N) is 1. The molecular weight excluding hydrogens is 272 g/mol. The normalized spacial score (nSPS) is 23.6. The zero-order valence-electron chi connectivity index (χ0n) is 12.4. The molecule has 0 spiro atoms. The summed E-state index contributed by atoms with van der Waals surface area (Å²) in [6, 6.07) is -0.362. The number of aromatic nitrogens is 3. The van der Waals surface area contributed by atoms with Gasteiger partial charge in [-0.1, -0.05) is 6.92 Å². The molecule has 1 atom stereocenters. The van der Waals surface area contributed by atoms with Crippen molar-refractivity contribution >= 4 is 11.8 Å². The van der Waals surface area contributed by atoms with E-state index in [9.17, 15) is 9.59 Å². The molecule has 0 radical (unpaired) electrons. The second-order valence-corrected chi connectivity index (χ2v) is 5.58. The number of piperazine rings is 2. The van der Waals surface area contributed by atoms with Gasteiger partial charge in [-0.25, -0.2) is 4.98 Å². The molecular formula is C13H20N6O2. The SMILES string of the molecule is CCc1n[nH]c(CN2CCN3C(=O)CN(C)C(=O)C3C2)n1.